The molecule has 0 fully saturated rings. The molecule has 0 aliphatic carbocycles. The summed E-state index contributed by atoms with van der Waals surface area (Å²) >= 11 is 2.77. The lowest BCUT2D eigenvalue weighted by molar-refractivity contribution is -0.143. The zero-order valence-electron chi connectivity index (χ0n) is 31.3. The molecule has 1 aromatic rings. The summed E-state index contributed by atoms with van der Waals surface area (Å²) in [5.74, 6) is -6.66. The van der Waals surface area contributed by atoms with E-state index in [1.165, 1.54) is 35.7 Å². The second kappa shape index (κ2) is 25.5. The normalized spacial score (nSPS) is 14.2. The Hall–Kier alpha value is -4.60. The molecule has 0 bridgehead atoms. The maximum absolute atomic E-state index is 13.4. The molecule has 19 nitrogen and oxygen atoms in total. The molecule has 13 N–H and O–H groups in total. The minimum absolute atomic E-state index is 0.0526. The van der Waals surface area contributed by atoms with Crippen LogP contribution in [0.4, 0.5) is 0 Å². The van der Waals surface area contributed by atoms with Crippen LogP contribution >= 0.6 is 23.5 Å². The van der Waals surface area contributed by atoms with E-state index in [2.05, 4.69) is 31.9 Å². The van der Waals surface area contributed by atoms with Crippen LogP contribution in [0, 0.1) is 5.92 Å². The number of thioether (sulfide) groups is 2. The molecule has 0 saturated heterocycles. The number of aliphatic carboxylic acids is 1. The lowest BCUT2D eigenvalue weighted by Gasteiger charge is -2.25. The van der Waals surface area contributed by atoms with Gasteiger partial charge in [0.2, 0.25) is 41.4 Å². The molecular weight excluding hydrogens is 761 g/mol. The third kappa shape index (κ3) is 19.0. The van der Waals surface area contributed by atoms with Gasteiger partial charge < -0.3 is 58.7 Å². The van der Waals surface area contributed by atoms with Crippen molar-refractivity contribution in [1.82, 2.24) is 31.9 Å². The van der Waals surface area contributed by atoms with E-state index < -0.39 is 103 Å². The van der Waals surface area contributed by atoms with Crippen molar-refractivity contribution >= 4 is 70.8 Å². The summed E-state index contributed by atoms with van der Waals surface area (Å²) in [5, 5.41) is 43.0. The average molecular weight is 815 g/mol. The van der Waals surface area contributed by atoms with Gasteiger partial charge in [0.1, 0.15) is 36.0 Å². The van der Waals surface area contributed by atoms with Gasteiger partial charge >= 0.3 is 5.97 Å². The molecule has 0 heterocycles. The summed E-state index contributed by atoms with van der Waals surface area (Å²) in [6.07, 6.45) is 3.29. The highest BCUT2D eigenvalue weighted by Crippen LogP contribution is 2.12. The molecule has 0 unspecified atom stereocenters. The molecule has 1 rings (SSSR count). The van der Waals surface area contributed by atoms with Gasteiger partial charge in [0, 0.05) is 0 Å². The summed E-state index contributed by atoms with van der Waals surface area (Å²) in [6.45, 7) is 1.93. The van der Waals surface area contributed by atoms with E-state index in [1.807, 2.05) is 6.26 Å². The SMILES string of the molecule is CSCC[C@H](NC(=O)CNC(=O)[C@H](CCSC)NC(=O)[C@@H](N)Cc1ccc(O)cc1)C(=O)N[C@@H](CC(N)=O)C(=O)N[C@@H](CO)C(=O)N[C@@H](CC(C)C)C(=O)O. The van der Waals surface area contributed by atoms with Gasteiger partial charge in [-0.1, -0.05) is 26.0 Å². The van der Waals surface area contributed by atoms with Crippen LogP contribution < -0.4 is 43.4 Å². The molecule has 0 aliphatic rings. The highest BCUT2D eigenvalue weighted by Gasteiger charge is 2.32. The van der Waals surface area contributed by atoms with E-state index in [9.17, 15) is 53.7 Å². The summed E-state index contributed by atoms with van der Waals surface area (Å²) in [6, 6.07) is -1.82. The fourth-order valence-electron chi connectivity index (χ4n) is 4.92. The topological polar surface area (TPSA) is 321 Å². The quantitative estimate of drug-likeness (QED) is 0.0454. The highest BCUT2D eigenvalue weighted by atomic mass is 32.2. The molecule has 0 radical (unpaired) electrons. The van der Waals surface area contributed by atoms with Crippen molar-refractivity contribution in [2.75, 3.05) is 37.2 Å². The number of primary amides is 1. The Morgan fingerprint density at radius 2 is 1.20 bits per heavy atom. The number of phenolic OH excluding ortho intramolecular Hbond substituents is 1. The fourth-order valence-corrected chi connectivity index (χ4v) is 5.86. The Balaban J connectivity index is 2.97. The number of aliphatic hydroxyl groups is 1. The Bertz CT molecular complexity index is 1470. The van der Waals surface area contributed by atoms with Crippen molar-refractivity contribution in [2.45, 2.75) is 82.2 Å². The molecule has 0 spiro atoms. The van der Waals surface area contributed by atoms with E-state index in [0.717, 1.165) is 0 Å². The Kier molecular flexibility index (Phi) is 22.4. The molecule has 6 atom stereocenters. The minimum atomic E-state index is -1.66. The lowest BCUT2D eigenvalue weighted by Crippen LogP contribution is -2.59. The molecule has 1 aromatic carbocycles. The van der Waals surface area contributed by atoms with Crippen molar-refractivity contribution in [2.24, 2.45) is 17.4 Å². The number of phenols is 1. The van der Waals surface area contributed by atoms with Crippen molar-refractivity contribution < 1.29 is 53.7 Å². The molecule has 0 saturated carbocycles. The van der Waals surface area contributed by atoms with Crippen LogP contribution in [0.5, 0.6) is 5.75 Å². The summed E-state index contributed by atoms with van der Waals surface area (Å²) in [7, 11) is 0. The first-order valence-electron chi connectivity index (χ1n) is 17.3. The average Bonchev–Trinajstić information content (AvgIpc) is 3.12. The number of benzene rings is 1. The van der Waals surface area contributed by atoms with E-state index in [0.29, 0.717) is 17.1 Å². The van der Waals surface area contributed by atoms with E-state index >= 15 is 0 Å². The zero-order valence-corrected chi connectivity index (χ0v) is 32.9. The van der Waals surface area contributed by atoms with Gasteiger partial charge in [-0.15, -0.1) is 0 Å². The lowest BCUT2D eigenvalue weighted by atomic mass is 10.0. The maximum Gasteiger partial charge on any atom is 0.326 e. The first kappa shape index (κ1) is 48.4. The van der Waals surface area contributed by atoms with Gasteiger partial charge in [-0.2, -0.15) is 23.5 Å². The number of carboxylic acid groups (broad SMARTS) is 1. The second-order valence-electron chi connectivity index (χ2n) is 12.9. The number of aromatic hydroxyl groups is 1. The van der Waals surface area contributed by atoms with Gasteiger partial charge in [0.05, 0.1) is 25.6 Å². The summed E-state index contributed by atoms with van der Waals surface area (Å²) in [4.78, 5) is 102. The van der Waals surface area contributed by atoms with Crippen LogP contribution in [0.3, 0.4) is 0 Å². The number of carboxylic acids is 1. The smallest absolute Gasteiger partial charge is 0.326 e. The number of hydrogen-bond donors (Lipinski definition) is 11. The van der Waals surface area contributed by atoms with Crippen LogP contribution in [0.1, 0.15) is 45.1 Å². The number of nitrogens with one attached hydrogen (secondary N) is 6. The zero-order chi connectivity index (χ0) is 41.7. The predicted molar refractivity (Wildman–Crippen MR) is 206 cm³/mol. The van der Waals surface area contributed by atoms with Crippen LogP contribution in [-0.4, -0.2) is 136 Å². The number of carbonyl (C=O) groups excluding carboxylic acids is 7. The van der Waals surface area contributed by atoms with E-state index in [1.54, 1.807) is 32.2 Å². The first-order chi connectivity index (χ1) is 25.9. The fraction of sp³-hybridized carbons (Fsp3) is 0.588. The molecule has 7 amide bonds. The predicted octanol–water partition coefficient (Wildman–Crippen LogP) is -2.69. The van der Waals surface area contributed by atoms with Crippen LogP contribution in [-0.2, 0) is 44.8 Å². The molecule has 308 valence electrons. The first-order valence-corrected chi connectivity index (χ1v) is 20.1. The Labute approximate surface area is 328 Å². The van der Waals surface area contributed by atoms with E-state index in [-0.39, 0.29) is 37.4 Å². The largest absolute Gasteiger partial charge is 0.508 e. The maximum atomic E-state index is 13.4. The number of rotatable bonds is 26. The van der Waals surface area contributed by atoms with Crippen molar-refractivity contribution in [1.29, 1.82) is 0 Å². The monoisotopic (exact) mass is 814 g/mol. The Morgan fingerprint density at radius 1 is 0.709 bits per heavy atom. The number of nitrogens with two attached hydrogens (primary N) is 2. The molecule has 0 aliphatic heterocycles. The number of amides is 7. The van der Waals surface area contributed by atoms with Crippen LogP contribution in [0.25, 0.3) is 0 Å². The van der Waals surface area contributed by atoms with Crippen molar-refractivity contribution in [3.63, 3.8) is 0 Å². The molecular formula is C34H54N8O11S2. The minimum Gasteiger partial charge on any atom is -0.508 e. The van der Waals surface area contributed by atoms with Gasteiger partial charge in [-0.3, -0.25) is 33.6 Å². The summed E-state index contributed by atoms with van der Waals surface area (Å²) in [5.41, 5.74) is 12.0. The number of hydrogen-bond acceptors (Lipinski definition) is 13. The number of aliphatic hydroxyl groups excluding tert-OH is 1. The van der Waals surface area contributed by atoms with Gasteiger partial charge in [-0.25, -0.2) is 4.79 Å². The standard InChI is InChI=1S/C34H54N8O11S2/c1-18(2)13-25(34(52)53)41-33(51)26(17-43)42-32(50)24(15-27(36)45)40-31(49)23(10-12-55-4)38-28(46)16-37-30(48)22(9-11-54-3)39-29(47)21(35)14-19-5-7-20(44)8-6-19/h5-8,18,21-26,43-44H,9-17,35H2,1-4H3,(H2,36,45)(H,37,48)(H,38,46)(H,39,47)(H,40,49)(H,41,51)(H,42,50)(H,52,53)/t21-,22-,23-,24-,25-,26-/m0/s1. The van der Waals surface area contributed by atoms with Gasteiger partial charge in [-0.05, 0) is 73.3 Å². The van der Waals surface area contributed by atoms with E-state index in [4.69, 9.17) is 11.5 Å². The second-order valence-corrected chi connectivity index (χ2v) is 14.9. The highest BCUT2D eigenvalue weighted by molar-refractivity contribution is 7.98. The van der Waals surface area contributed by atoms with Crippen LogP contribution in [0.15, 0.2) is 24.3 Å². The molecule has 0 aromatic heterocycles. The Morgan fingerprint density at radius 3 is 1.71 bits per heavy atom. The van der Waals surface area contributed by atoms with Crippen LogP contribution in [0.2, 0.25) is 0 Å². The van der Waals surface area contributed by atoms with Gasteiger partial charge in [0.25, 0.3) is 0 Å². The molecule has 21 heteroatoms. The number of carbonyl (C=O) groups is 8. The third-order valence-corrected chi connectivity index (χ3v) is 9.12. The third-order valence-electron chi connectivity index (χ3n) is 7.83. The summed E-state index contributed by atoms with van der Waals surface area (Å²) < 4.78 is 0. The van der Waals surface area contributed by atoms with Gasteiger partial charge in [0.15, 0.2) is 0 Å². The van der Waals surface area contributed by atoms with Crippen molar-refractivity contribution in [3.8, 4) is 5.75 Å². The van der Waals surface area contributed by atoms with Crippen molar-refractivity contribution in [3.05, 3.63) is 29.8 Å². The molecule has 55 heavy (non-hydrogen) atoms.